The first-order valence-electron chi connectivity index (χ1n) is 7.83. The fraction of sp³-hybridized carbons (Fsp3) is 0.933. The summed E-state index contributed by atoms with van der Waals surface area (Å²) in [5, 5.41) is 10.4. The van der Waals surface area contributed by atoms with Crippen LogP contribution < -0.4 is 0 Å². The van der Waals surface area contributed by atoms with Gasteiger partial charge in [-0.25, -0.2) is 0 Å². The van der Waals surface area contributed by atoms with Crippen LogP contribution in [0.5, 0.6) is 0 Å². The van der Waals surface area contributed by atoms with E-state index in [1.54, 1.807) is 0 Å². The van der Waals surface area contributed by atoms with Gasteiger partial charge in [-0.2, -0.15) is 11.8 Å². The zero-order valence-corrected chi connectivity index (χ0v) is 12.7. The predicted octanol–water partition coefficient (Wildman–Crippen LogP) is 3.05. The van der Waals surface area contributed by atoms with Gasteiger partial charge in [0, 0.05) is 23.3 Å². The van der Waals surface area contributed by atoms with Gasteiger partial charge in [0.1, 0.15) is 0 Å². The topological polar surface area (TPSA) is 55.8 Å². The minimum Gasteiger partial charge on any atom is -0.481 e. The average molecular weight is 300 g/mol. The van der Waals surface area contributed by atoms with E-state index in [1.165, 1.54) is 12.8 Å². The van der Waals surface area contributed by atoms with Crippen molar-refractivity contribution >= 4 is 17.7 Å². The van der Waals surface area contributed by atoms with Crippen LogP contribution in [0.3, 0.4) is 0 Å². The molecule has 2 saturated carbocycles. The Kier molecular flexibility index (Phi) is 4.58. The molecule has 0 radical (unpaired) electrons. The molecule has 1 aliphatic heterocycles. The van der Waals surface area contributed by atoms with Crippen LogP contribution in [-0.4, -0.2) is 40.6 Å². The molecule has 1 N–H and O–H groups in total. The number of carboxylic acid groups (broad SMARTS) is 1. The van der Waals surface area contributed by atoms with Gasteiger partial charge in [0.15, 0.2) is 5.79 Å². The molecule has 4 nitrogen and oxygen atoms in total. The van der Waals surface area contributed by atoms with Crippen LogP contribution in [0.25, 0.3) is 0 Å². The average Bonchev–Trinajstić information content (AvgIpc) is 2.91. The van der Waals surface area contributed by atoms with E-state index in [2.05, 4.69) is 11.8 Å². The largest absolute Gasteiger partial charge is 0.481 e. The fourth-order valence-corrected chi connectivity index (χ4v) is 5.27. The lowest BCUT2D eigenvalue weighted by Crippen LogP contribution is -2.36. The second kappa shape index (κ2) is 6.24. The van der Waals surface area contributed by atoms with Crippen molar-refractivity contribution in [2.75, 3.05) is 13.2 Å². The number of thioether (sulfide) groups is 1. The predicted molar refractivity (Wildman–Crippen MR) is 77.9 cm³/mol. The molecular weight excluding hydrogens is 276 g/mol. The maximum absolute atomic E-state index is 11.0. The summed E-state index contributed by atoms with van der Waals surface area (Å²) in [7, 11) is 0. The molecule has 1 saturated heterocycles. The SMILES string of the molecule is O=C(O)C1CCC(SC2CCC3(CC2)OCCO3)CC1. The Balaban J connectivity index is 1.41. The highest BCUT2D eigenvalue weighted by Gasteiger charge is 2.41. The monoisotopic (exact) mass is 300 g/mol. The molecule has 0 bridgehead atoms. The van der Waals surface area contributed by atoms with Crippen molar-refractivity contribution < 1.29 is 19.4 Å². The van der Waals surface area contributed by atoms with Crippen LogP contribution in [0.15, 0.2) is 0 Å². The van der Waals surface area contributed by atoms with Crippen molar-refractivity contribution in [3.8, 4) is 0 Å². The van der Waals surface area contributed by atoms with Crippen LogP contribution in [0.4, 0.5) is 0 Å². The number of carbonyl (C=O) groups is 1. The van der Waals surface area contributed by atoms with Gasteiger partial charge in [-0.1, -0.05) is 0 Å². The highest BCUT2D eigenvalue weighted by molar-refractivity contribution is 8.00. The zero-order chi connectivity index (χ0) is 14.0. The summed E-state index contributed by atoms with van der Waals surface area (Å²) in [4.78, 5) is 11.0. The van der Waals surface area contributed by atoms with Gasteiger partial charge in [0.05, 0.1) is 19.1 Å². The van der Waals surface area contributed by atoms with Gasteiger partial charge in [0.2, 0.25) is 0 Å². The Morgan fingerprint density at radius 1 is 0.950 bits per heavy atom. The molecule has 5 heteroatoms. The molecule has 0 aromatic heterocycles. The van der Waals surface area contributed by atoms with Crippen LogP contribution in [0, 0.1) is 5.92 Å². The minimum absolute atomic E-state index is 0.0956. The van der Waals surface area contributed by atoms with E-state index in [1.807, 2.05) is 0 Å². The minimum atomic E-state index is -0.608. The number of hydrogen-bond donors (Lipinski definition) is 1. The number of carboxylic acids is 1. The van der Waals surface area contributed by atoms with E-state index in [-0.39, 0.29) is 11.7 Å². The number of aliphatic carboxylic acids is 1. The first kappa shape index (κ1) is 14.7. The molecule has 1 spiro atoms. The Hall–Kier alpha value is -0.260. The third kappa shape index (κ3) is 3.31. The molecular formula is C15H24O4S. The number of rotatable bonds is 3. The highest BCUT2D eigenvalue weighted by Crippen LogP contribution is 2.43. The normalized spacial score (nSPS) is 34.4. The van der Waals surface area contributed by atoms with Crippen molar-refractivity contribution in [3.05, 3.63) is 0 Å². The first-order chi connectivity index (χ1) is 9.67. The van der Waals surface area contributed by atoms with Gasteiger partial charge in [-0.3, -0.25) is 4.79 Å². The van der Waals surface area contributed by atoms with E-state index < -0.39 is 5.97 Å². The van der Waals surface area contributed by atoms with Gasteiger partial charge >= 0.3 is 5.97 Å². The van der Waals surface area contributed by atoms with Crippen molar-refractivity contribution in [3.63, 3.8) is 0 Å². The molecule has 0 unspecified atom stereocenters. The van der Waals surface area contributed by atoms with E-state index >= 15 is 0 Å². The van der Waals surface area contributed by atoms with E-state index in [9.17, 15) is 4.79 Å². The van der Waals surface area contributed by atoms with Gasteiger partial charge < -0.3 is 14.6 Å². The van der Waals surface area contributed by atoms with E-state index in [0.717, 1.165) is 51.7 Å². The van der Waals surface area contributed by atoms with Gasteiger partial charge in [-0.15, -0.1) is 0 Å². The van der Waals surface area contributed by atoms with Crippen molar-refractivity contribution in [2.45, 2.75) is 67.7 Å². The second-order valence-electron chi connectivity index (χ2n) is 6.25. The van der Waals surface area contributed by atoms with Crippen LogP contribution >= 0.6 is 11.8 Å². The summed E-state index contributed by atoms with van der Waals surface area (Å²) in [5.41, 5.74) is 0. The fourth-order valence-electron chi connectivity index (χ4n) is 3.67. The number of hydrogen-bond acceptors (Lipinski definition) is 4. The third-order valence-corrected chi connectivity index (χ3v) is 6.63. The summed E-state index contributed by atoms with van der Waals surface area (Å²) in [6, 6.07) is 0. The molecule has 0 amide bonds. The highest BCUT2D eigenvalue weighted by atomic mass is 32.2. The summed E-state index contributed by atoms with van der Waals surface area (Å²) in [5.74, 6) is -0.955. The molecule has 2 aliphatic carbocycles. The summed E-state index contributed by atoms with van der Waals surface area (Å²) in [6.07, 6.45) is 8.23. The van der Waals surface area contributed by atoms with Crippen molar-refractivity contribution in [1.29, 1.82) is 0 Å². The standard InChI is InChI=1S/C15H24O4S/c16-14(17)11-1-3-12(4-2-11)20-13-5-7-15(8-6-13)18-9-10-19-15/h11-13H,1-10H2,(H,16,17). The second-order valence-corrected chi connectivity index (χ2v) is 7.86. The molecule has 0 aromatic carbocycles. The van der Waals surface area contributed by atoms with Crippen LogP contribution in [0.2, 0.25) is 0 Å². The molecule has 0 aromatic rings. The lowest BCUT2D eigenvalue weighted by Gasteiger charge is -2.37. The lowest BCUT2D eigenvalue weighted by atomic mass is 9.89. The summed E-state index contributed by atoms with van der Waals surface area (Å²) >= 11 is 2.09. The number of ether oxygens (including phenoxy) is 2. The quantitative estimate of drug-likeness (QED) is 0.868. The summed E-state index contributed by atoms with van der Waals surface area (Å²) in [6.45, 7) is 1.49. The molecule has 3 aliphatic rings. The Labute approximate surface area is 124 Å². The molecule has 114 valence electrons. The van der Waals surface area contributed by atoms with E-state index in [0.29, 0.717) is 10.5 Å². The Morgan fingerprint density at radius 2 is 1.50 bits per heavy atom. The molecule has 0 atom stereocenters. The molecule has 20 heavy (non-hydrogen) atoms. The lowest BCUT2D eigenvalue weighted by molar-refractivity contribution is -0.175. The Morgan fingerprint density at radius 3 is 2.05 bits per heavy atom. The maximum Gasteiger partial charge on any atom is 0.306 e. The van der Waals surface area contributed by atoms with Crippen molar-refractivity contribution in [1.82, 2.24) is 0 Å². The summed E-state index contributed by atoms with van der Waals surface area (Å²) < 4.78 is 11.5. The third-order valence-electron chi connectivity index (χ3n) is 4.92. The van der Waals surface area contributed by atoms with Crippen LogP contribution in [0.1, 0.15) is 51.4 Å². The molecule has 3 rings (SSSR count). The zero-order valence-electron chi connectivity index (χ0n) is 11.9. The molecule has 1 heterocycles. The Bertz CT molecular complexity index is 336. The smallest absolute Gasteiger partial charge is 0.306 e. The van der Waals surface area contributed by atoms with Gasteiger partial charge in [-0.05, 0) is 38.5 Å². The van der Waals surface area contributed by atoms with Crippen molar-refractivity contribution in [2.24, 2.45) is 5.92 Å². The van der Waals surface area contributed by atoms with Gasteiger partial charge in [0.25, 0.3) is 0 Å². The van der Waals surface area contributed by atoms with Crippen LogP contribution in [-0.2, 0) is 14.3 Å². The molecule has 3 fully saturated rings. The first-order valence-corrected chi connectivity index (χ1v) is 8.77. The maximum atomic E-state index is 11.0. The van der Waals surface area contributed by atoms with E-state index in [4.69, 9.17) is 14.6 Å².